The number of carbonyl (C=O) groups excluding carboxylic acids is 2. The maximum Gasteiger partial charge on any atom is 0.237 e. The fourth-order valence-corrected chi connectivity index (χ4v) is 3.75. The Kier molecular flexibility index (Phi) is 4.74. The first-order valence-electron chi connectivity index (χ1n) is 9.44. The molecule has 1 fully saturated rings. The van der Waals surface area contributed by atoms with Gasteiger partial charge in [0.05, 0.1) is 36.9 Å². The van der Waals surface area contributed by atoms with Crippen molar-refractivity contribution in [1.29, 1.82) is 0 Å². The van der Waals surface area contributed by atoms with Crippen molar-refractivity contribution in [2.45, 2.75) is 20.3 Å². The molecule has 0 saturated carbocycles. The highest BCUT2D eigenvalue weighted by Gasteiger charge is 2.37. The van der Waals surface area contributed by atoms with E-state index in [0.29, 0.717) is 17.2 Å². The summed E-state index contributed by atoms with van der Waals surface area (Å²) in [4.78, 5) is 31.9. The number of ether oxygens (including phenoxy) is 2. The van der Waals surface area contributed by atoms with Crippen molar-refractivity contribution in [3.8, 4) is 11.5 Å². The molecule has 2 aromatic carbocycles. The number of hydrogen-bond donors (Lipinski definition) is 0. The zero-order valence-electron chi connectivity index (χ0n) is 16.9. The molecule has 0 spiro atoms. The maximum atomic E-state index is 13.2. The molecule has 0 aliphatic carbocycles. The molecule has 1 aliphatic rings. The molecule has 0 bridgehead atoms. The number of aromatic nitrogens is 2. The van der Waals surface area contributed by atoms with Gasteiger partial charge in [-0.3, -0.25) is 14.2 Å². The van der Waals surface area contributed by atoms with E-state index in [1.807, 2.05) is 26.0 Å². The van der Waals surface area contributed by atoms with Crippen LogP contribution >= 0.6 is 0 Å². The first kappa shape index (κ1) is 19.0. The van der Waals surface area contributed by atoms with E-state index in [0.717, 1.165) is 22.2 Å². The first-order chi connectivity index (χ1) is 13.9. The predicted molar refractivity (Wildman–Crippen MR) is 110 cm³/mol. The standard InChI is InChI=1S/C22H23N3O4/c1-13-7-17-18(8-14(13)2)25(12-23-17)22(27)15-9-21(26)24(11-15)19-10-16(28-3)5-6-20(19)29-4/h5-8,10,12,15H,9,11H2,1-4H3/t15-/m1/s1. The Morgan fingerprint density at radius 2 is 1.86 bits per heavy atom. The molecule has 1 aliphatic heterocycles. The number of nitrogens with zero attached hydrogens (tertiary/aromatic N) is 3. The normalized spacial score (nSPS) is 16.5. The van der Waals surface area contributed by atoms with Crippen LogP contribution in [0.25, 0.3) is 11.0 Å². The fourth-order valence-electron chi connectivity index (χ4n) is 3.75. The van der Waals surface area contributed by atoms with E-state index >= 15 is 0 Å². The van der Waals surface area contributed by atoms with Crippen molar-refractivity contribution in [2.75, 3.05) is 25.7 Å². The number of hydrogen-bond acceptors (Lipinski definition) is 5. The summed E-state index contributed by atoms with van der Waals surface area (Å²) < 4.78 is 12.2. The lowest BCUT2D eigenvalue weighted by Gasteiger charge is -2.20. The number of carbonyl (C=O) groups is 2. The van der Waals surface area contributed by atoms with Crippen LogP contribution < -0.4 is 14.4 Å². The summed E-state index contributed by atoms with van der Waals surface area (Å²) in [7, 11) is 3.12. The first-order valence-corrected chi connectivity index (χ1v) is 9.44. The molecule has 0 radical (unpaired) electrons. The molecule has 0 N–H and O–H groups in total. The highest BCUT2D eigenvalue weighted by molar-refractivity contribution is 6.03. The summed E-state index contributed by atoms with van der Waals surface area (Å²) in [6, 6.07) is 9.22. The summed E-state index contributed by atoms with van der Waals surface area (Å²) in [6.07, 6.45) is 1.69. The van der Waals surface area contributed by atoms with E-state index in [1.54, 1.807) is 48.2 Å². The monoisotopic (exact) mass is 393 g/mol. The van der Waals surface area contributed by atoms with Crippen molar-refractivity contribution < 1.29 is 19.1 Å². The van der Waals surface area contributed by atoms with Gasteiger partial charge in [0.1, 0.15) is 17.8 Å². The zero-order chi connectivity index (χ0) is 20.7. The van der Waals surface area contributed by atoms with Gasteiger partial charge in [-0.15, -0.1) is 0 Å². The minimum absolute atomic E-state index is 0.119. The van der Waals surface area contributed by atoms with Gasteiger partial charge in [-0.25, -0.2) is 4.98 Å². The van der Waals surface area contributed by atoms with E-state index in [9.17, 15) is 9.59 Å². The lowest BCUT2D eigenvalue weighted by atomic mass is 10.1. The van der Waals surface area contributed by atoms with Gasteiger partial charge < -0.3 is 14.4 Å². The second-order valence-electron chi connectivity index (χ2n) is 7.32. The molecule has 1 saturated heterocycles. The van der Waals surface area contributed by atoms with Crippen molar-refractivity contribution in [2.24, 2.45) is 5.92 Å². The van der Waals surface area contributed by atoms with Crippen molar-refractivity contribution in [3.05, 3.63) is 47.8 Å². The summed E-state index contributed by atoms with van der Waals surface area (Å²) in [5, 5.41) is 0. The van der Waals surface area contributed by atoms with E-state index in [4.69, 9.17) is 9.47 Å². The quantitative estimate of drug-likeness (QED) is 0.680. The minimum Gasteiger partial charge on any atom is -0.497 e. The molecule has 7 heteroatoms. The highest BCUT2D eigenvalue weighted by Crippen LogP contribution is 2.36. The van der Waals surface area contributed by atoms with Gasteiger partial charge in [0.15, 0.2) is 0 Å². The Morgan fingerprint density at radius 1 is 1.10 bits per heavy atom. The van der Waals surface area contributed by atoms with Gasteiger partial charge in [0, 0.05) is 19.0 Å². The SMILES string of the molecule is COc1ccc(OC)c(N2C[C@H](C(=O)n3cnc4cc(C)c(C)cc43)CC2=O)c1. The average Bonchev–Trinajstić information content (AvgIpc) is 3.30. The van der Waals surface area contributed by atoms with E-state index in [1.165, 1.54) is 0 Å². The third-order valence-corrected chi connectivity index (χ3v) is 5.55. The second-order valence-corrected chi connectivity index (χ2v) is 7.32. The summed E-state index contributed by atoms with van der Waals surface area (Å²) >= 11 is 0. The summed E-state index contributed by atoms with van der Waals surface area (Å²) in [6.45, 7) is 4.31. The van der Waals surface area contributed by atoms with Crippen LogP contribution in [0.5, 0.6) is 11.5 Å². The number of benzene rings is 2. The Labute approximate surface area is 168 Å². The third kappa shape index (κ3) is 3.22. The van der Waals surface area contributed by atoms with Gasteiger partial charge in [0.2, 0.25) is 11.8 Å². The Bertz CT molecular complexity index is 1120. The molecular weight excluding hydrogens is 370 g/mol. The van der Waals surface area contributed by atoms with E-state index < -0.39 is 5.92 Å². The van der Waals surface area contributed by atoms with Gasteiger partial charge in [-0.05, 0) is 49.2 Å². The number of rotatable bonds is 4. The lowest BCUT2D eigenvalue weighted by molar-refractivity contribution is -0.117. The molecule has 150 valence electrons. The number of fused-ring (bicyclic) bond motifs is 1. The number of imidazole rings is 1. The van der Waals surface area contributed by atoms with Crippen LogP contribution in [0.2, 0.25) is 0 Å². The second kappa shape index (κ2) is 7.24. The van der Waals surface area contributed by atoms with Crippen LogP contribution in [-0.4, -0.2) is 42.1 Å². The van der Waals surface area contributed by atoms with Gasteiger partial charge in [-0.2, -0.15) is 0 Å². The van der Waals surface area contributed by atoms with Crippen LogP contribution in [0.4, 0.5) is 5.69 Å². The zero-order valence-corrected chi connectivity index (χ0v) is 16.9. The number of amides is 1. The summed E-state index contributed by atoms with van der Waals surface area (Å²) in [5.41, 5.74) is 4.37. The molecule has 1 atom stereocenters. The smallest absolute Gasteiger partial charge is 0.237 e. The predicted octanol–water partition coefficient (Wildman–Crippen LogP) is 3.36. The molecule has 3 aromatic rings. The highest BCUT2D eigenvalue weighted by atomic mass is 16.5. The van der Waals surface area contributed by atoms with Crippen LogP contribution in [0, 0.1) is 19.8 Å². The van der Waals surface area contributed by atoms with Gasteiger partial charge >= 0.3 is 0 Å². The molecule has 29 heavy (non-hydrogen) atoms. The molecule has 2 heterocycles. The van der Waals surface area contributed by atoms with Crippen molar-refractivity contribution >= 4 is 28.5 Å². The topological polar surface area (TPSA) is 73.7 Å². The Balaban J connectivity index is 1.65. The lowest BCUT2D eigenvalue weighted by Crippen LogP contribution is -2.27. The molecule has 1 aromatic heterocycles. The third-order valence-electron chi connectivity index (χ3n) is 5.55. The van der Waals surface area contributed by atoms with Gasteiger partial charge in [0.25, 0.3) is 0 Å². The fraction of sp³-hybridized carbons (Fsp3) is 0.318. The van der Waals surface area contributed by atoms with Crippen LogP contribution in [0.15, 0.2) is 36.7 Å². The van der Waals surface area contributed by atoms with Crippen molar-refractivity contribution in [1.82, 2.24) is 9.55 Å². The maximum absolute atomic E-state index is 13.2. The van der Waals surface area contributed by atoms with Gasteiger partial charge in [-0.1, -0.05) is 0 Å². The largest absolute Gasteiger partial charge is 0.497 e. The molecule has 7 nitrogen and oxygen atoms in total. The molecule has 1 amide bonds. The average molecular weight is 393 g/mol. The number of methoxy groups -OCH3 is 2. The number of anilines is 1. The van der Waals surface area contributed by atoms with Crippen LogP contribution in [-0.2, 0) is 4.79 Å². The number of aryl methyl sites for hydroxylation is 2. The van der Waals surface area contributed by atoms with Crippen molar-refractivity contribution in [3.63, 3.8) is 0 Å². The van der Waals surface area contributed by atoms with Crippen LogP contribution in [0.3, 0.4) is 0 Å². The molecule has 0 unspecified atom stereocenters. The van der Waals surface area contributed by atoms with E-state index in [2.05, 4.69) is 4.98 Å². The Hall–Kier alpha value is -3.35. The molecule has 4 rings (SSSR count). The molecular formula is C22H23N3O4. The summed E-state index contributed by atoms with van der Waals surface area (Å²) in [5.74, 6) is 0.471. The van der Waals surface area contributed by atoms with E-state index in [-0.39, 0.29) is 24.8 Å². The Morgan fingerprint density at radius 3 is 2.59 bits per heavy atom. The minimum atomic E-state index is -0.461. The van der Waals surface area contributed by atoms with Crippen LogP contribution in [0.1, 0.15) is 22.3 Å².